The highest BCUT2D eigenvalue weighted by Gasteiger charge is 2.19. The fraction of sp³-hybridized carbons (Fsp3) is 0. The van der Waals surface area contributed by atoms with Crippen LogP contribution in [0.2, 0.25) is 0 Å². The molecule has 0 atom stereocenters. The van der Waals surface area contributed by atoms with Gasteiger partial charge in [0.25, 0.3) is 0 Å². The number of thiophene rings is 1. The zero-order chi connectivity index (χ0) is 31.3. The van der Waals surface area contributed by atoms with Crippen LogP contribution in [-0.2, 0) is 0 Å². The summed E-state index contributed by atoms with van der Waals surface area (Å²) in [6.07, 6.45) is 2.19. The SMILES string of the molecule is c1ccc(-n2ccc3cc4c(cc32)c2cc3c(cc2n4-c2ccc4c(c2)c2ccccc2n4-c2ccccc2)sc2ccccc23)cc1. The molecule has 3 nitrogen and oxygen atoms in total. The van der Waals surface area contributed by atoms with E-state index < -0.39 is 0 Å². The van der Waals surface area contributed by atoms with Gasteiger partial charge in [0.15, 0.2) is 0 Å². The summed E-state index contributed by atoms with van der Waals surface area (Å²) in [7, 11) is 0. The molecule has 0 unspecified atom stereocenters. The number of benzene rings is 7. The smallest absolute Gasteiger partial charge is 0.0555 e. The van der Waals surface area contributed by atoms with Gasteiger partial charge >= 0.3 is 0 Å². The van der Waals surface area contributed by atoms with Crippen LogP contribution >= 0.6 is 11.3 Å². The maximum absolute atomic E-state index is 2.49. The Balaban J connectivity index is 1.25. The summed E-state index contributed by atoms with van der Waals surface area (Å²) in [5.41, 5.74) is 9.60. The lowest BCUT2D eigenvalue weighted by molar-refractivity contribution is 1.13. The molecule has 11 aromatic rings. The minimum Gasteiger partial charge on any atom is -0.317 e. The topological polar surface area (TPSA) is 14.8 Å². The summed E-state index contributed by atoms with van der Waals surface area (Å²) in [6.45, 7) is 0. The van der Waals surface area contributed by atoms with Gasteiger partial charge in [-0.3, -0.25) is 0 Å². The van der Waals surface area contributed by atoms with Crippen molar-refractivity contribution in [2.75, 3.05) is 0 Å². The van der Waals surface area contributed by atoms with E-state index in [1.165, 1.54) is 91.7 Å². The largest absolute Gasteiger partial charge is 0.317 e. The van der Waals surface area contributed by atoms with E-state index in [-0.39, 0.29) is 0 Å². The van der Waals surface area contributed by atoms with Crippen LogP contribution in [0.4, 0.5) is 0 Å². The average molecular weight is 630 g/mol. The van der Waals surface area contributed by atoms with Crippen molar-refractivity contribution in [2.24, 2.45) is 0 Å². The first kappa shape index (κ1) is 26.0. The maximum atomic E-state index is 2.49. The monoisotopic (exact) mass is 629 g/mol. The van der Waals surface area contributed by atoms with Crippen molar-refractivity contribution in [3.8, 4) is 17.1 Å². The van der Waals surface area contributed by atoms with Gasteiger partial charge in [-0.05, 0) is 84.9 Å². The van der Waals surface area contributed by atoms with E-state index >= 15 is 0 Å². The first-order valence-corrected chi connectivity index (χ1v) is 17.2. The van der Waals surface area contributed by atoms with Gasteiger partial charge in [0.2, 0.25) is 0 Å². The minimum atomic E-state index is 1.17. The molecule has 7 aromatic carbocycles. The summed E-state index contributed by atoms with van der Waals surface area (Å²) in [6, 6.07) is 57.8. The Labute approximate surface area is 279 Å². The molecule has 0 bridgehead atoms. The molecule has 0 saturated carbocycles. The van der Waals surface area contributed by atoms with Crippen LogP contribution in [0.1, 0.15) is 0 Å². The van der Waals surface area contributed by atoms with Gasteiger partial charge in [0.05, 0.1) is 27.6 Å². The van der Waals surface area contributed by atoms with Crippen molar-refractivity contribution in [3.05, 3.63) is 164 Å². The Hall–Kier alpha value is -6.10. The average Bonchev–Trinajstić information content (AvgIpc) is 3.89. The van der Waals surface area contributed by atoms with Crippen molar-refractivity contribution in [1.29, 1.82) is 0 Å². The molecular formula is C44H27N3S. The molecular weight excluding hydrogens is 603 g/mol. The highest BCUT2D eigenvalue weighted by atomic mass is 32.1. The van der Waals surface area contributed by atoms with Gasteiger partial charge in [0.1, 0.15) is 0 Å². The van der Waals surface area contributed by atoms with E-state index in [1.807, 2.05) is 11.3 Å². The van der Waals surface area contributed by atoms with Crippen molar-refractivity contribution >= 4 is 86.0 Å². The third-order valence-electron chi connectivity index (χ3n) is 10.0. The zero-order valence-corrected chi connectivity index (χ0v) is 26.7. The number of fused-ring (bicyclic) bond motifs is 10. The number of aromatic nitrogens is 3. The highest BCUT2D eigenvalue weighted by molar-refractivity contribution is 7.25. The highest BCUT2D eigenvalue weighted by Crippen LogP contribution is 2.43. The third-order valence-corrected chi connectivity index (χ3v) is 11.2. The molecule has 0 N–H and O–H groups in total. The Morgan fingerprint density at radius 1 is 0.333 bits per heavy atom. The molecule has 0 saturated heterocycles. The molecule has 0 aliphatic heterocycles. The molecule has 0 fully saturated rings. The first-order valence-electron chi connectivity index (χ1n) is 16.4. The molecule has 0 spiro atoms. The quantitative estimate of drug-likeness (QED) is 0.185. The van der Waals surface area contributed by atoms with Crippen LogP contribution in [0.3, 0.4) is 0 Å². The second-order valence-corrected chi connectivity index (χ2v) is 13.7. The number of rotatable bonds is 3. The van der Waals surface area contributed by atoms with Crippen molar-refractivity contribution in [2.45, 2.75) is 0 Å². The number of hydrogen-bond donors (Lipinski definition) is 0. The van der Waals surface area contributed by atoms with E-state index in [0.717, 1.165) is 0 Å². The Bertz CT molecular complexity index is 3050. The predicted octanol–water partition coefficient (Wildman–Crippen LogP) is 12.2. The predicted molar refractivity (Wildman–Crippen MR) is 205 cm³/mol. The normalized spacial score (nSPS) is 12.2. The van der Waals surface area contributed by atoms with Gasteiger partial charge in [-0.2, -0.15) is 0 Å². The van der Waals surface area contributed by atoms with Crippen LogP contribution in [0, 0.1) is 0 Å². The molecule has 4 aromatic heterocycles. The van der Waals surface area contributed by atoms with E-state index in [4.69, 9.17) is 0 Å². The number of para-hydroxylation sites is 3. The van der Waals surface area contributed by atoms with E-state index in [1.54, 1.807) is 0 Å². The van der Waals surface area contributed by atoms with Gasteiger partial charge in [-0.25, -0.2) is 0 Å². The molecule has 224 valence electrons. The Morgan fingerprint density at radius 2 is 0.979 bits per heavy atom. The summed E-state index contributed by atoms with van der Waals surface area (Å²) in [5.74, 6) is 0. The second-order valence-electron chi connectivity index (χ2n) is 12.6. The molecule has 11 rings (SSSR count). The van der Waals surface area contributed by atoms with Crippen LogP contribution < -0.4 is 0 Å². The maximum Gasteiger partial charge on any atom is 0.0555 e. The first-order chi connectivity index (χ1) is 23.8. The van der Waals surface area contributed by atoms with E-state index in [9.17, 15) is 0 Å². The van der Waals surface area contributed by atoms with E-state index in [0.29, 0.717) is 0 Å². The van der Waals surface area contributed by atoms with Gasteiger partial charge in [-0.15, -0.1) is 11.3 Å². The van der Waals surface area contributed by atoms with Crippen molar-refractivity contribution in [3.63, 3.8) is 0 Å². The molecule has 48 heavy (non-hydrogen) atoms. The lowest BCUT2D eigenvalue weighted by Gasteiger charge is -2.11. The minimum absolute atomic E-state index is 1.17. The van der Waals surface area contributed by atoms with Gasteiger partial charge in [-0.1, -0.05) is 72.8 Å². The van der Waals surface area contributed by atoms with Gasteiger partial charge < -0.3 is 13.7 Å². The summed E-state index contributed by atoms with van der Waals surface area (Å²) in [5, 5.41) is 8.91. The molecule has 0 aliphatic carbocycles. The van der Waals surface area contributed by atoms with Crippen LogP contribution in [0.5, 0.6) is 0 Å². The fourth-order valence-electron chi connectivity index (χ4n) is 7.91. The molecule has 0 amide bonds. The summed E-state index contributed by atoms with van der Waals surface area (Å²) in [4.78, 5) is 0. The lowest BCUT2D eigenvalue weighted by atomic mass is 10.1. The molecule has 4 heteroatoms. The second kappa shape index (κ2) is 9.71. The fourth-order valence-corrected chi connectivity index (χ4v) is 9.03. The van der Waals surface area contributed by atoms with Crippen molar-refractivity contribution in [1.82, 2.24) is 13.7 Å². The third kappa shape index (κ3) is 3.58. The standard InChI is InChI=1S/C44H27N3S/c1-3-11-29(12-4-1)45-22-21-28-23-41-36(26-40(28)45)35-25-37-33-16-8-10-18-43(33)48-44(37)27-42(35)47(41)31-19-20-39-34(24-31)32-15-7-9-17-38(32)46(39)30-13-5-2-6-14-30/h1-27H. The van der Waals surface area contributed by atoms with Crippen LogP contribution in [0.25, 0.3) is 91.7 Å². The van der Waals surface area contributed by atoms with Crippen LogP contribution in [0.15, 0.2) is 164 Å². The molecule has 4 heterocycles. The number of hydrogen-bond acceptors (Lipinski definition) is 1. The van der Waals surface area contributed by atoms with Crippen LogP contribution in [-0.4, -0.2) is 13.7 Å². The Morgan fingerprint density at radius 3 is 1.83 bits per heavy atom. The van der Waals surface area contributed by atoms with E-state index in [2.05, 4.69) is 178 Å². The zero-order valence-electron chi connectivity index (χ0n) is 25.8. The molecule has 0 aliphatic rings. The Kier molecular flexibility index (Phi) is 5.26. The summed E-state index contributed by atoms with van der Waals surface area (Å²) < 4.78 is 9.82. The lowest BCUT2D eigenvalue weighted by Crippen LogP contribution is -1.96. The summed E-state index contributed by atoms with van der Waals surface area (Å²) >= 11 is 1.88. The van der Waals surface area contributed by atoms with Crippen molar-refractivity contribution < 1.29 is 0 Å². The molecule has 0 radical (unpaired) electrons. The van der Waals surface area contributed by atoms with Gasteiger partial charge in [0, 0.05) is 70.4 Å². The number of nitrogens with zero attached hydrogens (tertiary/aromatic N) is 3.